The van der Waals surface area contributed by atoms with Crippen molar-refractivity contribution in [1.82, 2.24) is 4.98 Å². The second-order valence-corrected chi connectivity index (χ2v) is 3.57. The molecular formula is C9H12F3N2O2+. The van der Waals surface area contributed by atoms with Crippen LogP contribution in [-0.2, 0) is 6.18 Å². The van der Waals surface area contributed by atoms with Crippen LogP contribution in [0.15, 0.2) is 6.20 Å². The fraction of sp³-hybridized carbons (Fsp3) is 0.556. The maximum atomic E-state index is 12.5. The quantitative estimate of drug-likeness (QED) is 0.800. The summed E-state index contributed by atoms with van der Waals surface area (Å²) in [4.78, 5) is 13.7. The topological polar surface area (TPSA) is 48.0 Å². The predicted octanol–water partition coefficient (Wildman–Crippen LogP) is 2.08. The number of methoxy groups -OCH3 is 1. The minimum atomic E-state index is -4.75. The van der Waals surface area contributed by atoms with E-state index in [2.05, 4.69) is 9.72 Å². The Morgan fingerprint density at radius 3 is 2.38 bits per heavy atom. The molecule has 1 aromatic rings. The first-order chi connectivity index (χ1) is 7.27. The van der Waals surface area contributed by atoms with Gasteiger partial charge in [0.1, 0.15) is 0 Å². The second-order valence-electron chi connectivity index (χ2n) is 3.57. The predicted molar refractivity (Wildman–Crippen MR) is 49.8 cm³/mol. The lowest BCUT2D eigenvalue weighted by Gasteiger charge is -2.07. The Kier molecular flexibility index (Phi) is 3.25. The third kappa shape index (κ3) is 2.34. The Morgan fingerprint density at radius 2 is 2.00 bits per heavy atom. The van der Waals surface area contributed by atoms with Crippen molar-refractivity contribution in [2.24, 2.45) is 0 Å². The molecule has 1 heterocycles. The van der Waals surface area contributed by atoms with Crippen molar-refractivity contribution in [3.05, 3.63) is 22.5 Å². The van der Waals surface area contributed by atoms with Crippen LogP contribution in [0.3, 0.4) is 0 Å². The van der Waals surface area contributed by atoms with Gasteiger partial charge >= 0.3 is 11.9 Å². The zero-order chi connectivity index (χ0) is 12.5. The van der Waals surface area contributed by atoms with E-state index in [1.54, 1.807) is 13.8 Å². The van der Waals surface area contributed by atoms with Crippen molar-refractivity contribution in [3.63, 3.8) is 0 Å². The third-order valence-electron chi connectivity index (χ3n) is 2.04. The molecule has 1 rings (SSSR count). The monoisotopic (exact) mass is 237 g/mol. The molecule has 4 nitrogen and oxygen atoms in total. The van der Waals surface area contributed by atoms with Crippen LogP contribution in [0.25, 0.3) is 0 Å². The zero-order valence-corrected chi connectivity index (χ0v) is 9.05. The van der Waals surface area contributed by atoms with E-state index in [1.165, 1.54) is 0 Å². The van der Waals surface area contributed by atoms with Gasteiger partial charge in [-0.15, -0.1) is 0 Å². The summed E-state index contributed by atoms with van der Waals surface area (Å²) in [5.41, 5.74) is -1.00. The van der Waals surface area contributed by atoms with Crippen LogP contribution < -0.4 is 9.16 Å². The Hall–Kier alpha value is -1.53. The van der Waals surface area contributed by atoms with Crippen LogP contribution in [-0.4, -0.2) is 12.1 Å². The van der Waals surface area contributed by atoms with E-state index in [9.17, 15) is 18.1 Å². The van der Waals surface area contributed by atoms with Gasteiger partial charge < -0.3 is 9.72 Å². The van der Waals surface area contributed by atoms with E-state index in [0.717, 1.165) is 13.3 Å². The first kappa shape index (κ1) is 12.5. The molecule has 0 radical (unpaired) electrons. The molecule has 16 heavy (non-hydrogen) atoms. The highest BCUT2D eigenvalue weighted by atomic mass is 19.4. The van der Waals surface area contributed by atoms with Crippen LogP contribution in [0.5, 0.6) is 5.88 Å². The van der Waals surface area contributed by atoms with Gasteiger partial charge in [-0.25, -0.2) is 0 Å². The standard InChI is InChI=1S/C9H12F3N2O2/c1-5(2)6-4-14(15)7(9(10,11)12)8(13-6)16-3/h4-5H,1-3H3,(H,13,15)/q+1. The zero-order valence-electron chi connectivity index (χ0n) is 9.05. The molecule has 0 aromatic carbocycles. The average molecular weight is 237 g/mol. The number of hydrogen-bond donors (Lipinski definition) is 1. The van der Waals surface area contributed by atoms with Crippen molar-refractivity contribution in [2.45, 2.75) is 25.9 Å². The normalized spacial score (nSPS) is 11.9. The summed E-state index contributed by atoms with van der Waals surface area (Å²) in [6.45, 7) is 3.50. The molecule has 1 aromatic heterocycles. The van der Waals surface area contributed by atoms with Crippen molar-refractivity contribution < 1.29 is 22.3 Å². The fourth-order valence-electron chi connectivity index (χ4n) is 1.21. The van der Waals surface area contributed by atoms with E-state index in [-0.39, 0.29) is 10.3 Å². The SMILES string of the molecule is COc1[nH]c(C(C)C)c[n+](=O)c1C(F)(F)F. The van der Waals surface area contributed by atoms with Gasteiger partial charge in [0.15, 0.2) is 0 Å². The molecule has 0 aliphatic heterocycles. The molecule has 0 amide bonds. The van der Waals surface area contributed by atoms with Gasteiger partial charge in [-0.2, -0.15) is 13.2 Å². The van der Waals surface area contributed by atoms with Gasteiger partial charge in [-0.05, 0) is 5.92 Å². The van der Waals surface area contributed by atoms with Crippen molar-refractivity contribution in [3.8, 4) is 5.88 Å². The Balaban J connectivity index is 3.47. The number of nitrogens with one attached hydrogen (secondary N) is 1. The summed E-state index contributed by atoms with van der Waals surface area (Å²) in [7, 11) is 1.07. The Bertz CT molecular complexity index is 437. The molecule has 0 aliphatic rings. The highest BCUT2D eigenvalue weighted by molar-refractivity contribution is 5.19. The maximum absolute atomic E-state index is 12.5. The first-order valence-electron chi connectivity index (χ1n) is 4.58. The molecule has 1 N–H and O–H groups in total. The minimum Gasteiger partial charge on any atom is -0.477 e. The molecule has 0 saturated heterocycles. The number of rotatable bonds is 2. The highest BCUT2D eigenvalue weighted by Gasteiger charge is 2.47. The summed E-state index contributed by atoms with van der Waals surface area (Å²) >= 11 is 0. The number of nitrogens with zero attached hydrogens (tertiary/aromatic N) is 1. The number of alkyl halides is 3. The maximum Gasteiger partial charge on any atom is 0.488 e. The van der Waals surface area contributed by atoms with Gasteiger partial charge in [-0.1, -0.05) is 13.8 Å². The summed E-state index contributed by atoms with van der Waals surface area (Å²) in [6.07, 6.45) is -3.88. The van der Waals surface area contributed by atoms with Gasteiger partial charge in [-0.3, -0.25) is 0 Å². The number of aromatic nitrogens is 2. The molecule has 0 aliphatic carbocycles. The van der Waals surface area contributed by atoms with E-state index >= 15 is 0 Å². The second kappa shape index (κ2) is 4.15. The molecule has 0 atom stereocenters. The van der Waals surface area contributed by atoms with Gasteiger partial charge in [0.2, 0.25) is 6.20 Å². The number of hydrogen-bond acceptors (Lipinski definition) is 2. The fourth-order valence-corrected chi connectivity index (χ4v) is 1.21. The van der Waals surface area contributed by atoms with Crippen LogP contribution in [0, 0.1) is 4.91 Å². The largest absolute Gasteiger partial charge is 0.488 e. The Labute approximate surface area is 89.7 Å². The average Bonchev–Trinajstić information content (AvgIpc) is 2.14. The number of halogens is 3. The highest BCUT2D eigenvalue weighted by Crippen LogP contribution is 2.32. The van der Waals surface area contributed by atoms with E-state index in [0.29, 0.717) is 5.69 Å². The summed E-state index contributed by atoms with van der Waals surface area (Å²) in [5.74, 6) is -0.676. The molecule has 0 saturated carbocycles. The number of H-pyrrole nitrogens is 1. The molecular weight excluding hydrogens is 225 g/mol. The van der Waals surface area contributed by atoms with Crippen molar-refractivity contribution in [2.75, 3.05) is 7.11 Å². The molecule has 0 fully saturated rings. The van der Waals surface area contributed by atoms with Crippen LogP contribution in [0.1, 0.15) is 31.2 Å². The first-order valence-corrected chi connectivity index (χ1v) is 4.58. The number of aromatic amines is 1. The summed E-state index contributed by atoms with van der Waals surface area (Å²) in [6, 6.07) is 0. The van der Waals surface area contributed by atoms with Crippen molar-refractivity contribution in [1.29, 1.82) is 0 Å². The third-order valence-corrected chi connectivity index (χ3v) is 2.04. The number of ether oxygens (including phenoxy) is 1. The smallest absolute Gasteiger partial charge is 0.477 e. The minimum absolute atomic E-state index is 0.101. The van der Waals surface area contributed by atoms with Gasteiger partial charge in [0.05, 0.1) is 17.2 Å². The summed E-state index contributed by atoms with van der Waals surface area (Å²) in [5, 5.41) is 0. The van der Waals surface area contributed by atoms with Gasteiger partial charge in [0, 0.05) is 4.91 Å². The molecule has 7 heteroatoms. The van der Waals surface area contributed by atoms with E-state index in [1.807, 2.05) is 0 Å². The lowest BCUT2D eigenvalue weighted by Crippen LogP contribution is -2.30. The lowest BCUT2D eigenvalue weighted by molar-refractivity contribution is -0.529. The van der Waals surface area contributed by atoms with Crippen LogP contribution >= 0.6 is 0 Å². The molecule has 0 unspecified atom stereocenters. The van der Waals surface area contributed by atoms with Crippen molar-refractivity contribution >= 4 is 0 Å². The van der Waals surface area contributed by atoms with Crippen LogP contribution in [0.4, 0.5) is 13.2 Å². The lowest BCUT2D eigenvalue weighted by atomic mass is 10.1. The van der Waals surface area contributed by atoms with Crippen LogP contribution in [0.2, 0.25) is 0 Å². The molecule has 0 bridgehead atoms. The van der Waals surface area contributed by atoms with Gasteiger partial charge in [0.25, 0.3) is 5.88 Å². The summed E-state index contributed by atoms with van der Waals surface area (Å²) < 4.78 is 41.9. The van der Waals surface area contributed by atoms with E-state index in [4.69, 9.17) is 0 Å². The molecule has 0 spiro atoms. The molecule has 90 valence electrons. The Morgan fingerprint density at radius 1 is 1.44 bits per heavy atom. The van der Waals surface area contributed by atoms with E-state index < -0.39 is 17.8 Å².